The largest absolute Gasteiger partial charge is 0.335 e. The number of fused-ring (bicyclic) bond motifs is 2. The lowest BCUT2D eigenvalue weighted by Crippen LogP contribution is -2.23. The molecule has 0 aliphatic carbocycles. The molecule has 1 saturated heterocycles. The Kier molecular flexibility index (Phi) is 5.37. The highest BCUT2D eigenvalue weighted by Crippen LogP contribution is 2.45. The minimum atomic E-state index is -0.0326. The van der Waals surface area contributed by atoms with Gasteiger partial charge in [-0.2, -0.15) is 0 Å². The smallest absolute Gasteiger partial charge is 0.266 e. The van der Waals surface area contributed by atoms with Crippen LogP contribution in [0.1, 0.15) is 11.9 Å². The molecule has 0 saturated carbocycles. The van der Waals surface area contributed by atoms with E-state index in [-0.39, 0.29) is 5.91 Å². The first-order chi connectivity index (χ1) is 15.0. The van der Waals surface area contributed by atoms with Gasteiger partial charge in [-0.1, -0.05) is 23.9 Å². The van der Waals surface area contributed by atoms with Crippen LogP contribution in [0.4, 0.5) is 11.4 Å². The lowest BCUT2D eigenvalue weighted by Gasteiger charge is -2.17. The van der Waals surface area contributed by atoms with E-state index in [4.69, 9.17) is 4.99 Å². The lowest BCUT2D eigenvalue weighted by atomic mass is 10.3. The fourth-order valence-corrected chi connectivity index (χ4v) is 6.39. The summed E-state index contributed by atoms with van der Waals surface area (Å²) in [6.07, 6.45) is 3.95. The zero-order valence-corrected chi connectivity index (χ0v) is 19.8. The number of thiazole rings is 1. The van der Waals surface area contributed by atoms with Gasteiger partial charge >= 0.3 is 0 Å². The van der Waals surface area contributed by atoms with Crippen LogP contribution in [0.25, 0.3) is 10.2 Å². The van der Waals surface area contributed by atoms with E-state index in [0.29, 0.717) is 10.1 Å². The van der Waals surface area contributed by atoms with Crippen molar-refractivity contribution < 1.29 is 4.79 Å². The number of carbonyl (C=O) groups is 1. The number of aromatic nitrogens is 1. The first kappa shape index (κ1) is 20.4. The van der Waals surface area contributed by atoms with Gasteiger partial charge in [0.05, 0.1) is 36.5 Å². The Balaban J connectivity index is 1.41. The highest BCUT2D eigenvalue weighted by Gasteiger charge is 2.30. The highest BCUT2D eigenvalue weighted by molar-refractivity contribution is 8.18. The molecule has 5 nitrogen and oxygen atoms in total. The number of carbonyl (C=O) groups excluding carboxylic acids is 1. The second-order valence-electron chi connectivity index (χ2n) is 7.10. The number of hydrogen-bond donors (Lipinski definition) is 0. The Morgan fingerprint density at radius 1 is 1.13 bits per heavy atom. The first-order valence-electron chi connectivity index (χ1n) is 9.91. The SMILES string of the molecule is CCN1C(=CC=C2SC(=Nc3ccc4sc(C)nc4c3)N(C)C2=O)Sc2ccccc21. The third kappa shape index (κ3) is 3.79. The van der Waals surface area contributed by atoms with Crippen molar-refractivity contribution >= 4 is 67.5 Å². The van der Waals surface area contributed by atoms with Crippen molar-refractivity contribution in [1.29, 1.82) is 0 Å². The third-order valence-electron chi connectivity index (χ3n) is 5.04. The van der Waals surface area contributed by atoms with Crippen LogP contribution in [-0.2, 0) is 4.79 Å². The number of anilines is 1. The number of amidine groups is 1. The number of para-hydroxylation sites is 1. The number of allylic oxidation sites excluding steroid dienone is 2. The van der Waals surface area contributed by atoms with E-state index in [9.17, 15) is 4.79 Å². The number of aliphatic imine (C=N–C) groups is 1. The standard InChI is InChI=1S/C23H20N4OS3/c1-4-27-17-7-5-6-8-19(17)30-21(27)12-11-20-22(28)26(3)23(31-20)25-15-9-10-18-16(13-15)24-14(2)29-18/h5-13H,4H2,1-3H3. The van der Waals surface area contributed by atoms with E-state index >= 15 is 0 Å². The van der Waals surface area contributed by atoms with E-state index in [1.807, 2.05) is 37.3 Å². The Bertz CT molecular complexity index is 1290. The predicted octanol–water partition coefficient (Wildman–Crippen LogP) is 6.15. The van der Waals surface area contributed by atoms with Crippen LogP contribution in [0.3, 0.4) is 0 Å². The average molecular weight is 465 g/mol. The summed E-state index contributed by atoms with van der Waals surface area (Å²) in [6, 6.07) is 14.4. The van der Waals surface area contributed by atoms with Crippen LogP contribution < -0.4 is 4.90 Å². The minimum Gasteiger partial charge on any atom is -0.335 e. The predicted molar refractivity (Wildman–Crippen MR) is 133 cm³/mol. The number of aryl methyl sites for hydroxylation is 1. The quantitative estimate of drug-likeness (QED) is 0.435. The van der Waals surface area contributed by atoms with Crippen molar-refractivity contribution in [2.45, 2.75) is 18.7 Å². The maximum atomic E-state index is 12.8. The van der Waals surface area contributed by atoms with Crippen LogP contribution in [0.15, 0.2) is 74.4 Å². The molecule has 1 amide bonds. The van der Waals surface area contributed by atoms with Gasteiger partial charge in [0.2, 0.25) is 0 Å². The van der Waals surface area contributed by atoms with Gasteiger partial charge < -0.3 is 4.90 Å². The fraction of sp³-hybridized carbons (Fsp3) is 0.174. The zero-order chi connectivity index (χ0) is 21.5. The molecule has 3 heterocycles. The topological polar surface area (TPSA) is 48.8 Å². The van der Waals surface area contributed by atoms with Gasteiger partial charge in [0, 0.05) is 18.5 Å². The van der Waals surface area contributed by atoms with Crippen molar-refractivity contribution in [3.63, 3.8) is 0 Å². The van der Waals surface area contributed by atoms with Gasteiger partial charge in [-0.05, 0) is 68.1 Å². The molecule has 0 atom stereocenters. The van der Waals surface area contributed by atoms with E-state index < -0.39 is 0 Å². The van der Waals surface area contributed by atoms with Crippen molar-refractivity contribution in [2.24, 2.45) is 4.99 Å². The van der Waals surface area contributed by atoms with E-state index in [0.717, 1.165) is 32.5 Å². The molecule has 1 fully saturated rings. The lowest BCUT2D eigenvalue weighted by molar-refractivity contribution is -0.121. The van der Waals surface area contributed by atoms with Crippen LogP contribution in [0.2, 0.25) is 0 Å². The van der Waals surface area contributed by atoms with E-state index in [2.05, 4.69) is 41.1 Å². The number of thioether (sulfide) groups is 2. The van der Waals surface area contributed by atoms with Crippen molar-refractivity contribution in [2.75, 3.05) is 18.5 Å². The maximum absolute atomic E-state index is 12.8. The Hall–Kier alpha value is -2.55. The summed E-state index contributed by atoms with van der Waals surface area (Å²) in [6.45, 7) is 5.02. The van der Waals surface area contributed by atoms with Crippen LogP contribution in [0.5, 0.6) is 0 Å². The van der Waals surface area contributed by atoms with Crippen LogP contribution in [-0.4, -0.2) is 34.6 Å². The van der Waals surface area contributed by atoms with Crippen molar-refractivity contribution in [1.82, 2.24) is 9.88 Å². The summed E-state index contributed by atoms with van der Waals surface area (Å²) in [5, 5.41) is 2.84. The van der Waals surface area contributed by atoms with Crippen LogP contribution >= 0.6 is 34.9 Å². The molecular weight excluding hydrogens is 444 g/mol. The van der Waals surface area contributed by atoms with Gasteiger partial charge in [0.15, 0.2) is 5.17 Å². The van der Waals surface area contributed by atoms with E-state index in [1.165, 1.54) is 22.3 Å². The zero-order valence-electron chi connectivity index (χ0n) is 17.3. The number of amides is 1. The van der Waals surface area contributed by atoms with Gasteiger partial charge in [0.25, 0.3) is 5.91 Å². The third-order valence-corrected chi connectivity index (χ3v) is 8.20. The van der Waals surface area contributed by atoms with Crippen LogP contribution in [0, 0.1) is 6.92 Å². The summed E-state index contributed by atoms with van der Waals surface area (Å²) in [5.41, 5.74) is 2.97. The molecule has 2 aliphatic heterocycles. The normalized spacial score (nSPS) is 20.1. The summed E-state index contributed by atoms with van der Waals surface area (Å²) in [4.78, 5) is 27.8. The summed E-state index contributed by atoms with van der Waals surface area (Å²) >= 11 is 4.81. The number of rotatable bonds is 3. The molecule has 0 radical (unpaired) electrons. The average Bonchev–Trinajstić information content (AvgIpc) is 3.40. The molecule has 5 rings (SSSR count). The van der Waals surface area contributed by atoms with Gasteiger partial charge in [-0.3, -0.25) is 9.69 Å². The summed E-state index contributed by atoms with van der Waals surface area (Å²) in [7, 11) is 1.77. The number of benzene rings is 2. The molecule has 0 unspecified atom stereocenters. The second kappa shape index (κ2) is 8.18. The summed E-state index contributed by atoms with van der Waals surface area (Å²) in [5.74, 6) is -0.0326. The minimum absolute atomic E-state index is 0.0326. The maximum Gasteiger partial charge on any atom is 0.266 e. The molecule has 0 bridgehead atoms. The highest BCUT2D eigenvalue weighted by atomic mass is 32.2. The molecular formula is C23H20N4OS3. The molecule has 31 heavy (non-hydrogen) atoms. The van der Waals surface area contributed by atoms with Crippen molar-refractivity contribution in [3.8, 4) is 0 Å². The molecule has 0 spiro atoms. The van der Waals surface area contributed by atoms with Gasteiger partial charge in [-0.15, -0.1) is 11.3 Å². The number of hydrogen-bond acceptors (Lipinski definition) is 7. The van der Waals surface area contributed by atoms with Gasteiger partial charge in [0.1, 0.15) is 0 Å². The second-order valence-corrected chi connectivity index (χ2v) is 10.4. The first-order valence-corrected chi connectivity index (χ1v) is 12.4. The fourth-order valence-electron chi connectivity index (χ4n) is 3.53. The Morgan fingerprint density at radius 3 is 2.81 bits per heavy atom. The molecule has 0 N–H and O–H groups in total. The van der Waals surface area contributed by atoms with E-state index in [1.54, 1.807) is 35.0 Å². The molecule has 8 heteroatoms. The molecule has 1 aromatic heterocycles. The molecule has 2 aromatic carbocycles. The molecule has 2 aliphatic rings. The Morgan fingerprint density at radius 2 is 1.97 bits per heavy atom. The van der Waals surface area contributed by atoms with Gasteiger partial charge in [-0.25, -0.2) is 9.98 Å². The number of likely N-dealkylation sites (N-methyl/N-ethyl adjacent to an activating group) is 1. The summed E-state index contributed by atoms with van der Waals surface area (Å²) < 4.78 is 1.15. The molecule has 156 valence electrons. The Labute approximate surface area is 193 Å². The molecule has 3 aromatic rings. The van der Waals surface area contributed by atoms with Crippen molar-refractivity contribution in [3.05, 3.63) is 69.6 Å². The number of nitrogens with zero attached hydrogens (tertiary/aromatic N) is 4. The monoisotopic (exact) mass is 464 g/mol.